The van der Waals surface area contributed by atoms with Crippen LogP contribution in [0, 0.1) is 0 Å². The SMILES string of the molecule is O=c1occcc1N1CCOCC1.O=c1occcc1N1CCOCC1. The van der Waals surface area contributed by atoms with Gasteiger partial charge in [-0.1, -0.05) is 0 Å². The quantitative estimate of drug-likeness (QED) is 0.781. The highest BCUT2D eigenvalue weighted by Gasteiger charge is 2.14. The number of rotatable bonds is 2. The average molecular weight is 362 g/mol. The molecule has 2 aromatic heterocycles. The fraction of sp³-hybridized carbons (Fsp3) is 0.444. The lowest BCUT2D eigenvalue weighted by Crippen LogP contribution is -2.38. The van der Waals surface area contributed by atoms with E-state index in [-0.39, 0.29) is 11.3 Å². The van der Waals surface area contributed by atoms with E-state index in [4.69, 9.17) is 18.3 Å². The van der Waals surface area contributed by atoms with Gasteiger partial charge < -0.3 is 28.1 Å². The van der Waals surface area contributed by atoms with Crippen LogP contribution >= 0.6 is 0 Å². The summed E-state index contributed by atoms with van der Waals surface area (Å²) in [5.74, 6) is 0. The summed E-state index contributed by atoms with van der Waals surface area (Å²) in [6.45, 7) is 5.73. The van der Waals surface area contributed by atoms with Crippen LogP contribution < -0.4 is 21.1 Å². The van der Waals surface area contributed by atoms with E-state index in [0.717, 1.165) is 26.2 Å². The summed E-state index contributed by atoms with van der Waals surface area (Å²) in [5, 5.41) is 0. The van der Waals surface area contributed by atoms with Crippen molar-refractivity contribution in [1.82, 2.24) is 0 Å². The Hall–Kier alpha value is -2.58. The molecular formula is C18H22N2O6. The molecule has 2 aromatic rings. The third-order valence-corrected chi connectivity index (χ3v) is 4.14. The Morgan fingerprint density at radius 1 is 0.654 bits per heavy atom. The van der Waals surface area contributed by atoms with Gasteiger partial charge in [-0.15, -0.1) is 0 Å². The van der Waals surface area contributed by atoms with Crippen molar-refractivity contribution >= 4 is 11.4 Å². The van der Waals surface area contributed by atoms with E-state index in [1.807, 2.05) is 9.80 Å². The second kappa shape index (κ2) is 9.21. The average Bonchev–Trinajstić information content (AvgIpc) is 2.71. The zero-order valence-electron chi connectivity index (χ0n) is 14.5. The minimum atomic E-state index is -0.274. The molecule has 0 aliphatic carbocycles. The normalized spacial score (nSPS) is 17.4. The van der Waals surface area contributed by atoms with Crippen molar-refractivity contribution in [1.29, 1.82) is 0 Å². The maximum absolute atomic E-state index is 11.3. The van der Waals surface area contributed by atoms with Crippen LogP contribution in [0.5, 0.6) is 0 Å². The molecule has 140 valence electrons. The molecule has 0 aromatic carbocycles. The van der Waals surface area contributed by atoms with E-state index in [9.17, 15) is 9.59 Å². The van der Waals surface area contributed by atoms with E-state index >= 15 is 0 Å². The van der Waals surface area contributed by atoms with Gasteiger partial charge in [0.05, 0.1) is 39.0 Å². The van der Waals surface area contributed by atoms with E-state index in [2.05, 4.69) is 0 Å². The lowest BCUT2D eigenvalue weighted by atomic mass is 10.3. The maximum Gasteiger partial charge on any atom is 0.359 e. The molecule has 26 heavy (non-hydrogen) atoms. The molecule has 2 aliphatic heterocycles. The van der Waals surface area contributed by atoms with Gasteiger partial charge in [-0.3, -0.25) is 0 Å². The van der Waals surface area contributed by atoms with E-state index in [0.29, 0.717) is 37.8 Å². The van der Waals surface area contributed by atoms with Crippen LogP contribution in [0.3, 0.4) is 0 Å². The van der Waals surface area contributed by atoms with Gasteiger partial charge in [-0.2, -0.15) is 0 Å². The van der Waals surface area contributed by atoms with Crippen LogP contribution in [0.4, 0.5) is 11.4 Å². The Morgan fingerprint density at radius 2 is 1.04 bits per heavy atom. The minimum Gasteiger partial charge on any atom is -0.430 e. The van der Waals surface area contributed by atoms with Crippen molar-refractivity contribution in [2.45, 2.75) is 0 Å². The maximum atomic E-state index is 11.3. The zero-order chi connectivity index (χ0) is 18.2. The zero-order valence-corrected chi connectivity index (χ0v) is 14.5. The Morgan fingerprint density at radius 3 is 1.38 bits per heavy atom. The molecular weight excluding hydrogens is 340 g/mol. The third kappa shape index (κ3) is 4.74. The highest BCUT2D eigenvalue weighted by atomic mass is 16.5. The van der Waals surface area contributed by atoms with E-state index in [1.165, 1.54) is 12.5 Å². The summed E-state index contributed by atoms with van der Waals surface area (Å²) >= 11 is 0. The van der Waals surface area contributed by atoms with Gasteiger partial charge in [0, 0.05) is 26.2 Å². The van der Waals surface area contributed by atoms with Crippen LogP contribution in [0.2, 0.25) is 0 Å². The second-order valence-electron chi connectivity index (χ2n) is 5.77. The van der Waals surface area contributed by atoms with Gasteiger partial charge in [-0.05, 0) is 24.3 Å². The highest BCUT2D eigenvalue weighted by Crippen LogP contribution is 2.10. The molecule has 2 saturated heterocycles. The molecule has 2 aliphatic rings. The minimum absolute atomic E-state index is 0.274. The molecule has 0 radical (unpaired) electrons. The number of nitrogens with zero attached hydrogens (tertiary/aromatic N) is 2. The first kappa shape index (κ1) is 18.2. The molecule has 4 rings (SSSR count). The van der Waals surface area contributed by atoms with Gasteiger partial charge in [-0.25, -0.2) is 9.59 Å². The van der Waals surface area contributed by atoms with Gasteiger partial charge in [0.25, 0.3) is 0 Å². The third-order valence-electron chi connectivity index (χ3n) is 4.14. The Bertz CT molecular complexity index is 723. The molecule has 0 bridgehead atoms. The lowest BCUT2D eigenvalue weighted by Gasteiger charge is -2.27. The van der Waals surface area contributed by atoms with Crippen molar-refractivity contribution in [3.05, 3.63) is 57.6 Å². The van der Waals surface area contributed by atoms with Crippen LogP contribution in [-0.4, -0.2) is 52.6 Å². The molecule has 0 N–H and O–H groups in total. The lowest BCUT2D eigenvalue weighted by molar-refractivity contribution is 0.122. The van der Waals surface area contributed by atoms with Gasteiger partial charge in [0.15, 0.2) is 0 Å². The van der Waals surface area contributed by atoms with E-state index < -0.39 is 0 Å². The first-order chi connectivity index (χ1) is 12.8. The monoisotopic (exact) mass is 362 g/mol. The van der Waals surface area contributed by atoms with E-state index in [1.54, 1.807) is 24.3 Å². The van der Waals surface area contributed by atoms with Crippen LogP contribution in [-0.2, 0) is 9.47 Å². The fourth-order valence-electron chi connectivity index (χ4n) is 2.80. The summed E-state index contributed by atoms with van der Waals surface area (Å²) in [6.07, 6.45) is 2.79. The van der Waals surface area contributed by atoms with Gasteiger partial charge >= 0.3 is 11.3 Å². The first-order valence-electron chi connectivity index (χ1n) is 8.57. The summed E-state index contributed by atoms with van der Waals surface area (Å²) in [4.78, 5) is 26.5. The summed E-state index contributed by atoms with van der Waals surface area (Å²) in [7, 11) is 0. The molecule has 8 nitrogen and oxygen atoms in total. The summed E-state index contributed by atoms with van der Waals surface area (Å²) in [6, 6.07) is 7.01. The molecule has 2 fully saturated rings. The van der Waals surface area contributed by atoms with Gasteiger partial charge in [0.2, 0.25) is 0 Å². The second-order valence-corrected chi connectivity index (χ2v) is 5.77. The van der Waals surface area contributed by atoms with Gasteiger partial charge in [0.1, 0.15) is 11.4 Å². The molecule has 8 heteroatoms. The molecule has 0 unspecified atom stereocenters. The molecule has 0 spiro atoms. The van der Waals surface area contributed by atoms with Crippen molar-refractivity contribution < 1.29 is 18.3 Å². The van der Waals surface area contributed by atoms with Crippen molar-refractivity contribution in [3.8, 4) is 0 Å². The van der Waals surface area contributed by atoms with Crippen molar-refractivity contribution in [2.24, 2.45) is 0 Å². The topological polar surface area (TPSA) is 85.4 Å². The smallest absolute Gasteiger partial charge is 0.359 e. The number of ether oxygens (including phenoxy) is 2. The fourth-order valence-corrected chi connectivity index (χ4v) is 2.80. The highest BCUT2D eigenvalue weighted by molar-refractivity contribution is 5.43. The van der Waals surface area contributed by atoms with Crippen LogP contribution in [0.15, 0.2) is 55.2 Å². The molecule has 0 atom stereocenters. The van der Waals surface area contributed by atoms with Crippen molar-refractivity contribution in [3.63, 3.8) is 0 Å². The number of hydrogen-bond donors (Lipinski definition) is 0. The standard InChI is InChI=1S/2C9H11NO3/c2*11-9-8(2-1-5-13-9)10-3-6-12-7-4-10/h2*1-2,5H,3-4,6-7H2. The van der Waals surface area contributed by atoms with Crippen LogP contribution in [0.25, 0.3) is 0 Å². The predicted molar refractivity (Wildman–Crippen MR) is 96.0 cm³/mol. The predicted octanol–water partition coefficient (Wildman–Crippen LogP) is 0.953. The summed E-state index contributed by atoms with van der Waals surface area (Å²) in [5.41, 5.74) is 0.713. The first-order valence-corrected chi connectivity index (χ1v) is 8.57. The molecule has 0 saturated carbocycles. The molecule has 4 heterocycles. The number of anilines is 2. The Balaban J connectivity index is 0.000000151. The molecule has 0 amide bonds. The van der Waals surface area contributed by atoms with Crippen molar-refractivity contribution in [2.75, 3.05) is 62.4 Å². The Labute approximate surface area is 150 Å². The number of morpholine rings is 2. The summed E-state index contributed by atoms with van der Waals surface area (Å²) < 4.78 is 19.9. The van der Waals surface area contributed by atoms with Crippen LogP contribution in [0.1, 0.15) is 0 Å². The number of hydrogen-bond acceptors (Lipinski definition) is 8. The Kier molecular flexibility index (Phi) is 6.45. The largest absolute Gasteiger partial charge is 0.430 e.